The fourth-order valence-electron chi connectivity index (χ4n) is 5.00. The molecule has 0 spiro atoms. The van der Waals surface area contributed by atoms with Crippen molar-refractivity contribution >= 4 is 18.0 Å². The summed E-state index contributed by atoms with van der Waals surface area (Å²) in [6.45, 7) is 0.291. The van der Waals surface area contributed by atoms with Gasteiger partial charge in [-0.15, -0.1) is 0 Å². The van der Waals surface area contributed by atoms with Gasteiger partial charge in [-0.05, 0) is 53.6 Å². The molecule has 8 nitrogen and oxygen atoms in total. The number of rotatable bonds is 7. The number of hydrogen-bond acceptors (Lipinski definition) is 5. The molecule has 1 saturated carbocycles. The highest BCUT2D eigenvalue weighted by atomic mass is 16.5. The molecule has 0 bridgehead atoms. The number of carboxylic acids is 1. The second-order valence-electron chi connectivity index (χ2n) is 8.96. The number of carboxylic acid groups (broad SMARTS) is 1. The van der Waals surface area contributed by atoms with Crippen molar-refractivity contribution in [3.63, 3.8) is 0 Å². The zero-order valence-electron chi connectivity index (χ0n) is 19.0. The van der Waals surface area contributed by atoms with Crippen LogP contribution in [0.15, 0.2) is 65.1 Å². The number of benzene rings is 2. The zero-order chi connectivity index (χ0) is 24.4. The van der Waals surface area contributed by atoms with Gasteiger partial charge in [0, 0.05) is 12.0 Å². The summed E-state index contributed by atoms with van der Waals surface area (Å²) < 4.78 is 11.1. The van der Waals surface area contributed by atoms with Crippen molar-refractivity contribution in [1.29, 1.82) is 0 Å². The van der Waals surface area contributed by atoms with E-state index in [-0.39, 0.29) is 30.9 Å². The number of fused-ring (bicyclic) bond motifs is 3. The van der Waals surface area contributed by atoms with Gasteiger partial charge >= 0.3 is 12.1 Å². The Bertz CT molecular complexity index is 1220. The second-order valence-corrected chi connectivity index (χ2v) is 8.96. The highest BCUT2D eigenvalue weighted by Crippen LogP contribution is 2.44. The van der Waals surface area contributed by atoms with Gasteiger partial charge in [-0.25, -0.2) is 4.79 Å². The number of hydrogen-bond donors (Lipinski definition) is 3. The zero-order valence-corrected chi connectivity index (χ0v) is 19.0. The summed E-state index contributed by atoms with van der Waals surface area (Å²) in [5.74, 6) is -1.14. The molecular weight excluding hydrogens is 448 g/mol. The maximum absolute atomic E-state index is 12.4. The number of amides is 2. The lowest BCUT2D eigenvalue weighted by Crippen LogP contribution is -2.33. The third-order valence-electron chi connectivity index (χ3n) is 6.75. The van der Waals surface area contributed by atoms with Crippen LogP contribution in [0.1, 0.15) is 52.6 Å². The number of carbonyl (C=O) groups excluding carboxylic acids is 2. The fraction of sp³-hybridized carbons (Fsp3) is 0.296. The van der Waals surface area contributed by atoms with Crippen molar-refractivity contribution in [2.24, 2.45) is 5.92 Å². The summed E-state index contributed by atoms with van der Waals surface area (Å²) >= 11 is 0. The number of furan rings is 1. The number of aliphatic carboxylic acids is 1. The number of carbonyl (C=O) groups is 3. The normalized spacial score (nSPS) is 18.5. The monoisotopic (exact) mass is 474 g/mol. The standard InChI is InChI=1S/C27H26N2O6/c30-25(29-17-10-9-16(13-17)26(31)32)24-12-11-18(35-24)14-28-27(33)34-15-23-21-7-3-1-5-19(21)20-6-2-4-8-22(20)23/h1-8,11-12,16-17,23H,9-10,13-15H2,(H,28,33)(H,29,30)(H,31,32)/t16-,17+/m1/s1. The van der Waals surface area contributed by atoms with Gasteiger partial charge in [-0.1, -0.05) is 48.5 Å². The summed E-state index contributed by atoms with van der Waals surface area (Å²) in [4.78, 5) is 35.9. The van der Waals surface area contributed by atoms with Crippen molar-refractivity contribution in [3.05, 3.63) is 83.3 Å². The Labute approximate surface area is 202 Å². The molecule has 0 unspecified atom stereocenters. The molecule has 1 fully saturated rings. The molecule has 0 radical (unpaired) electrons. The first kappa shape index (κ1) is 22.7. The molecule has 2 amide bonds. The predicted molar refractivity (Wildman–Crippen MR) is 127 cm³/mol. The molecule has 0 saturated heterocycles. The molecule has 8 heteroatoms. The van der Waals surface area contributed by atoms with Gasteiger partial charge in [0.05, 0.1) is 12.5 Å². The Hall–Kier alpha value is -4.07. The topological polar surface area (TPSA) is 118 Å². The molecule has 5 rings (SSSR count). The molecule has 0 aliphatic heterocycles. The minimum Gasteiger partial charge on any atom is -0.481 e. The number of alkyl carbamates (subject to hydrolysis) is 1. The number of nitrogens with one attached hydrogen (secondary N) is 2. The SMILES string of the molecule is O=C(NCc1ccc(C(=O)N[C@H]2CC[C@@H](C(=O)O)C2)o1)OCC1c2ccccc2-c2ccccc21. The Kier molecular flexibility index (Phi) is 6.27. The largest absolute Gasteiger partial charge is 0.481 e. The van der Waals surface area contributed by atoms with E-state index in [0.29, 0.717) is 25.0 Å². The van der Waals surface area contributed by atoms with Crippen molar-refractivity contribution in [2.45, 2.75) is 37.8 Å². The van der Waals surface area contributed by atoms with E-state index in [1.54, 1.807) is 6.07 Å². The minimum atomic E-state index is -0.832. The molecule has 1 aromatic heterocycles. The summed E-state index contributed by atoms with van der Waals surface area (Å²) in [5.41, 5.74) is 4.60. The van der Waals surface area contributed by atoms with E-state index in [0.717, 1.165) is 22.3 Å². The van der Waals surface area contributed by atoms with Crippen molar-refractivity contribution in [2.75, 3.05) is 6.61 Å². The van der Waals surface area contributed by atoms with Gasteiger partial charge in [0.2, 0.25) is 0 Å². The average Bonchev–Trinajstić information content (AvgIpc) is 3.59. The van der Waals surface area contributed by atoms with Gasteiger partial charge in [0.1, 0.15) is 12.4 Å². The van der Waals surface area contributed by atoms with Crippen LogP contribution in [0, 0.1) is 5.92 Å². The van der Waals surface area contributed by atoms with Crippen LogP contribution in [-0.2, 0) is 16.1 Å². The number of ether oxygens (including phenoxy) is 1. The quantitative estimate of drug-likeness (QED) is 0.470. The van der Waals surface area contributed by atoms with Crippen LogP contribution in [0.25, 0.3) is 11.1 Å². The van der Waals surface area contributed by atoms with E-state index in [9.17, 15) is 14.4 Å². The smallest absolute Gasteiger partial charge is 0.407 e. The van der Waals surface area contributed by atoms with Crippen LogP contribution in [0.3, 0.4) is 0 Å². The Morgan fingerprint density at radius 2 is 1.63 bits per heavy atom. The van der Waals surface area contributed by atoms with Crippen LogP contribution in [0.5, 0.6) is 0 Å². The molecule has 3 aromatic rings. The lowest BCUT2D eigenvalue weighted by molar-refractivity contribution is -0.141. The Morgan fingerprint density at radius 1 is 0.943 bits per heavy atom. The van der Waals surface area contributed by atoms with Crippen molar-refractivity contribution in [1.82, 2.24) is 10.6 Å². The van der Waals surface area contributed by atoms with Crippen molar-refractivity contribution in [3.8, 4) is 11.1 Å². The molecule has 3 N–H and O–H groups in total. The van der Waals surface area contributed by atoms with Crippen LogP contribution in [0.2, 0.25) is 0 Å². The third kappa shape index (κ3) is 4.77. The molecule has 1 heterocycles. The van der Waals surface area contributed by atoms with Gasteiger partial charge in [-0.2, -0.15) is 0 Å². The van der Waals surface area contributed by atoms with E-state index >= 15 is 0 Å². The molecule has 2 aliphatic carbocycles. The van der Waals surface area contributed by atoms with E-state index in [1.807, 2.05) is 24.3 Å². The molecular formula is C27H26N2O6. The maximum atomic E-state index is 12.4. The Balaban J connectivity index is 1.12. The minimum absolute atomic E-state index is 0.0247. The Morgan fingerprint density at radius 3 is 2.29 bits per heavy atom. The van der Waals surface area contributed by atoms with Crippen LogP contribution >= 0.6 is 0 Å². The first-order chi connectivity index (χ1) is 17.0. The van der Waals surface area contributed by atoms with E-state index < -0.39 is 23.9 Å². The maximum Gasteiger partial charge on any atom is 0.407 e. The van der Waals surface area contributed by atoms with Gasteiger partial charge in [-0.3, -0.25) is 9.59 Å². The summed E-state index contributed by atoms with van der Waals surface area (Å²) in [6.07, 6.45) is 1.02. The van der Waals surface area contributed by atoms with E-state index in [2.05, 4.69) is 34.9 Å². The average molecular weight is 475 g/mol. The molecule has 2 aliphatic rings. The van der Waals surface area contributed by atoms with Gasteiger partial charge < -0.3 is 24.9 Å². The summed E-state index contributed by atoms with van der Waals surface area (Å²) in [5, 5.41) is 14.6. The fourth-order valence-corrected chi connectivity index (χ4v) is 5.00. The van der Waals surface area contributed by atoms with Crippen LogP contribution in [0.4, 0.5) is 4.79 Å². The van der Waals surface area contributed by atoms with Crippen LogP contribution in [-0.4, -0.2) is 35.7 Å². The first-order valence-electron chi connectivity index (χ1n) is 11.7. The van der Waals surface area contributed by atoms with E-state index in [4.69, 9.17) is 14.3 Å². The summed E-state index contributed by atoms with van der Waals surface area (Å²) in [7, 11) is 0. The third-order valence-corrected chi connectivity index (χ3v) is 6.75. The lowest BCUT2D eigenvalue weighted by Gasteiger charge is -2.14. The highest BCUT2D eigenvalue weighted by Gasteiger charge is 2.31. The molecule has 180 valence electrons. The lowest BCUT2D eigenvalue weighted by atomic mass is 9.98. The highest BCUT2D eigenvalue weighted by molar-refractivity contribution is 5.91. The molecule has 2 atom stereocenters. The van der Waals surface area contributed by atoms with E-state index in [1.165, 1.54) is 6.07 Å². The van der Waals surface area contributed by atoms with Gasteiger partial charge in [0.25, 0.3) is 5.91 Å². The predicted octanol–water partition coefficient (Wildman–Crippen LogP) is 4.30. The van der Waals surface area contributed by atoms with Crippen LogP contribution < -0.4 is 10.6 Å². The van der Waals surface area contributed by atoms with Gasteiger partial charge in [0.15, 0.2) is 5.76 Å². The molecule has 35 heavy (non-hydrogen) atoms. The molecule has 2 aromatic carbocycles. The second kappa shape index (κ2) is 9.66. The first-order valence-corrected chi connectivity index (χ1v) is 11.7. The van der Waals surface area contributed by atoms with Crippen molar-refractivity contribution < 1.29 is 28.6 Å². The summed E-state index contributed by atoms with van der Waals surface area (Å²) in [6, 6.07) is 19.2.